The van der Waals surface area contributed by atoms with Crippen molar-refractivity contribution in [3.05, 3.63) is 88.5 Å². The van der Waals surface area contributed by atoms with Gasteiger partial charge in [-0.2, -0.15) is 0 Å². The van der Waals surface area contributed by atoms with Gasteiger partial charge in [-0.3, -0.25) is 14.7 Å². The van der Waals surface area contributed by atoms with Crippen molar-refractivity contribution in [1.29, 1.82) is 0 Å². The third-order valence-corrected chi connectivity index (χ3v) is 8.27. The largest absolute Gasteiger partial charge is 0.394 e. The maximum Gasteiger partial charge on any atom is 0.234 e. The molecule has 10 nitrogen and oxygen atoms in total. The Morgan fingerprint density at radius 3 is 2.77 bits per heavy atom. The van der Waals surface area contributed by atoms with E-state index in [9.17, 15) is 9.90 Å². The quantitative estimate of drug-likeness (QED) is 0.207. The first kappa shape index (κ1) is 30.4. The summed E-state index contributed by atoms with van der Waals surface area (Å²) in [6, 6.07) is 15.6. The van der Waals surface area contributed by atoms with Crippen LogP contribution in [0, 0.1) is 6.92 Å². The fourth-order valence-electron chi connectivity index (χ4n) is 4.81. The molecule has 0 saturated carbocycles. The highest BCUT2D eigenvalue weighted by molar-refractivity contribution is 7.12. The molecule has 1 saturated heterocycles. The molecule has 224 valence electrons. The average molecular weight is 600 g/mol. The molecule has 1 amide bonds. The van der Waals surface area contributed by atoms with E-state index in [0.717, 1.165) is 32.4 Å². The number of aliphatic hydroxyl groups excluding tert-OH is 1. The Hall–Kier alpha value is -4.03. The maximum atomic E-state index is 12.3. The second-order valence-electron chi connectivity index (χ2n) is 10.5. The van der Waals surface area contributed by atoms with Crippen molar-refractivity contribution < 1.29 is 14.6 Å². The van der Waals surface area contributed by atoms with E-state index in [1.165, 1.54) is 0 Å². The number of ether oxygens (including phenoxy) is 1. The maximum absolute atomic E-state index is 12.3. The highest BCUT2D eigenvalue weighted by Gasteiger charge is 2.28. The molecule has 2 atom stereocenters. The van der Waals surface area contributed by atoms with Gasteiger partial charge in [0.05, 0.1) is 31.1 Å². The Labute approximate surface area is 255 Å². The number of anilines is 1. The lowest BCUT2D eigenvalue weighted by atomic mass is 10.1. The Kier molecular flexibility index (Phi) is 10.2. The molecule has 11 heteroatoms. The summed E-state index contributed by atoms with van der Waals surface area (Å²) in [7, 11) is 0. The van der Waals surface area contributed by atoms with Gasteiger partial charge in [-0.15, -0.1) is 17.9 Å². The number of aromatic nitrogens is 4. The molecule has 2 unspecified atom stereocenters. The fourth-order valence-corrected chi connectivity index (χ4v) is 5.94. The number of amides is 1. The molecule has 0 radical (unpaired) electrons. The van der Waals surface area contributed by atoms with Crippen LogP contribution in [-0.4, -0.2) is 81.3 Å². The molecule has 1 fully saturated rings. The van der Waals surface area contributed by atoms with Gasteiger partial charge in [-0.05, 0) is 26.0 Å². The van der Waals surface area contributed by atoms with E-state index in [0.29, 0.717) is 56.5 Å². The molecule has 0 bridgehead atoms. The number of hydrogen-bond donors (Lipinski definition) is 3. The zero-order valence-corrected chi connectivity index (χ0v) is 25.3. The Bertz CT molecular complexity index is 1530. The van der Waals surface area contributed by atoms with Gasteiger partial charge in [-0.25, -0.2) is 15.0 Å². The molecule has 5 rings (SSSR count). The number of morpholine rings is 1. The second kappa shape index (κ2) is 14.4. The van der Waals surface area contributed by atoms with E-state index in [2.05, 4.69) is 39.2 Å². The molecule has 1 aliphatic rings. The summed E-state index contributed by atoms with van der Waals surface area (Å²) < 4.78 is 6.18. The number of carbonyl (C=O) groups is 1. The number of carbonyl (C=O) groups excluding carboxylic acids is 1. The van der Waals surface area contributed by atoms with E-state index in [4.69, 9.17) is 19.7 Å². The van der Waals surface area contributed by atoms with Crippen LogP contribution in [0.3, 0.4) is 0 Å². The minimum absolute atomic E-state index is 0.0254. The molecular weight excluding hydrogens is 562 g/mol. The van der Waals surface area contributed by atoms with Crippen molar-refractivity contribution in [1.82, 2.24) is 30.2 Å². The summed E-state index contributed by atoms with van der Waals surface area (Å²) in [5, 5.41) is 16.8. The van der Waals surface area contributed by atoms with Gasteiger partial charge < -0.3 is 20.5 Å². The summed E-state index contributed by atoms with van der Waals surface area (Å²) in [5.74, 6) is 1.15. The van der Waals surface area contributed by atoms with E-state index in [1.54, 1.807) is 23.6 Å². The van der Waals surface area contributed by atoms with Gasteiger partial charge >= 0.3 is 0 Å². The van der Waals surface area contributed by atoms with E-state index in [1.807, 2.05) is 50.2 Å². The first-order chi connectivity index (χ1) is 20.9. The van der Waals surface area contributed by atoms with Gasteiger partial charge in [0.2, 0.25) is 5.91 Å². The Morgan fingerprint density at radius 2 is 2.02 bits per heavy atom. The smallest absolute Gasteiger partial charge is 0.234 e. The molecule has 3 aromatic heterocycles. The molecule has 3 N–H and O–H groups in total. The molecule has 0 spiro atoms. The van der Waals surface area contributed by atoms with Crippen molar-refractivity contribution in [2.24, 2.45) is 0 Å². The lowest BCUT2D eigenvalue weighted by molar-refractivity contribution is -0.124. The van der Waals surface area contributed by atoms with Crippen molar-refractivity contribution in [3.63, 3.8) is 0 Å². The van der Waals surface area contributed by atoms with Crippen LogP contribution < -0.4 is 10.6 Å². The van der Waals surface area contributed by atoms with Gasteiger partial charge in [0.1, 0.15) is 22.6 Å². The van der Waals surface area contributed by atoms with Crippen LogP contribution in [0.1, 0.15) is 34.2 Å². The van der Waals surface area contributed by atoms with Crippen LogP contribution in [0.15, 0.2) is 67.4 Å². The number of nitrogens with one attached hydrogen (secondary N) is 2. The average Bonchev–Trinajstić information content (AvgIpc) is 3.46. The van der Waals surface area contributed by atoms with Crippen molar-refractivity contribution in [2.75, 3.05) is 44.7 Å². The van der Waals surface area contributed by atoms with Crippen LogP contribution in [0.4, 0.5) is 5.82 Å². The highest BCUT2D eigenvalue weighted by atomic mass is 32.1. The summed E-state index contributed by atoms with van der Waals surface area (Å²) in [5.41, 5.74) is 4.32. The third kappa shape index (κ3) is 7.68. The Morgan fingerprint density at radius 1 is 1.21 bits per heavy atom. The minimum atomic E-state index is -0.250. The number of rotatable bonds is 12. The van der Waals surface area contributed by atoms with E-state index in [-0.39, 0.29) is 24.7 Å². The molecule has 1 aliphatic heterocycles. The number of thiazole rings is 1. The fraction of sp³-hybridized carbons (Fsp3) is 0.344. The number of pyridine rings is 1. The molecular formula is C32H37N7O3S. The number of nitrogens with zero attached hydrogens (tertiary/aromatic N) is 5. The van der Waals surface area contributed by atoms with Gasteiger partial charge in [0, 0.05) is 54.3 Å². The molecule has 4 heterocycles. The lowest BCUT2D eigenvalue weighted by Crippen LogP contribution is -2.44. The van der Waals surface area contributed by atoms with Crippen LogP contribution in [0.25, 0.3) is 22.8 Å². The number of benzene rings is 1. The monoisotopic (exact) mass is 599 g/mol. The molecule has 43 heavy (non-hydrogen) atoms. The summed E-state index contributed by atoms with van der Waals surface area (Å²) in [4.78, 5) is 34.8. The predicted octanol–water partition coefficient (Wildman–Crippen LogP) is 4.03. The summed E-state index contributed by atoms with van der Waals surface area (Å²) in [6.45, 7) is 10.1. The van der Waals surface area contributed by atoms with Gasteiger partial charge in [-0.1, -0.05) is 42.5 Å². The van der Waals surface area contributed by atoms with Crippen LogP contribution in [-0.2, 0) is 16.0 Å². The molecule has 0 aliphatic carbocycles. The van der Waals surface area contributed by atoms with Gasteiger partial charge in [0.25, 0.3) is 0 Å². The summed E-state index contributed by atoms with van der Waals surface area (Å²) >= 11 is 1.61. The highest BCUT2D eigenvalue weighted by Crippen LogP contribution is 2.36. The minimum Gasteiger partial charge on any atom is -0.394 e. The van der Waals surface area contributed by atoms with E-state index < -0.39 is 0 Å². The predicted molar refractivity (Wildman–Crippen MR) is 169 cm³/mol. The molecule has 1 aromatic carbocycles. The summed E-state index contributed by atoms with van der Waals surface area (Å²) in [6.07, 6.45) is 3.67. The third-order valence-electron chi connectivity index (χ3n) is 7.12. The van der Waals surface area contributed by atoms with Crippen LogP contribution >= 0.6 is 11.3 Å². The standard InChI is InChI=1S/C32H37N7O3S/c1-4-13-34-28(41)19-39-15-16-42-26(18-39)32-37-29(23-10-6-5-7-11-23)27(43-32)17-25-22(3)30(35-21(2)20-40)38-31(36-25)24-12-8-9-14-33-24/h4-12,14,21,26,40H,1,13,15-20H2,2-3H3,(H,34,41)(H,35,36,38). The van der Waals surface area contributed by atoms with Crippen molar-refractivity contribution in [3.8, 4) is 22.8 Å². The normalized spacial score (nSPS) is 16.0. The van der Waals surface area contributed by atoms with E-state index >= 15 is 0 Å². The van der Waals surface area contributed by atoms with Crippen molar-refractivity contribution in [2.45, 2.75) is 32.4 Å². The molecule has 4 aromatic rings. The first-order valence-corrected chi connectivity index (χ1v) is 15.2. The van der Waals surface area contributed by atoms with Crippen LogP contribution in [0.5, 0.6) is 0 Å². The zero-order valence-electron chi connectivity index (χ0n) is 24.5. The second-order valence-corrected chi connectivity index (χ2v) is 11.6. The lowest BCUT2D eigenvalue weighted by Gasteiger charge is -2.31. The van der Waals surface area contributed by atoms with Gasteiger partial charge in [0.15, 0.2) is 5.82 Å². The van der Waals surface area contributed by atoms with Crippen molar-refractivity contribution >= 4 is 23.1 Å². The topological polar surface area (TPSA) is 125 Å². The number of hydrogen-bond acceptors (Lipinski definition) is 10. The van der Waals surface area contributed by atoms with Crippen LogP contribution in [0.2, 0.25) is 0 Å². The number of aliphatic hydroxyl groups is 1. The zero-order chi connectivity index (χ0) is 30.2. The SMILES string of the molecule is C=CCNC(=O)CN1CCOC(c2nc(-c3ccccc3)c(Cc3nc(-c4ccccn4)nc(NC(C)CO)c3C)s2)C1. The Balaban J connectivity index is 1.49. The first-order valence-electron chi connectivity index (χ1n) is 14.4.